The Morgan fingerprint density at radius 2 is 1.69 bits per heavy atom. The normalized spacial score (nSPS) is 22.4. The van der Waals surface area contributed by atoms with Gasteiger partial charge in [-0.3, -0.25) is 19.6 Å². The van der Waals surface area contributed by atoms with E-state index in [0.717, 1.165) is 67.9 Å². The summed E-state index contributed by atoms with van der Waals surface area (Å²) in [4.78, 5) is 24.4. The molecule has 5 nitrogen and oxygen atoms in total. The molecule has 2 unspecified atom stereocenters. The number of piperidine rings is 1. The van der Waals surface area contributed by atoms with E-state index >= 15 is 0 Å². The first-order valence-electron chi connectivity index (χ1n) is 12.8. The molecule has 196 valence electrons. The fourth-order valence-electron chi connectivity index (χ4n) is 5.86. The Kier molecular flexibility index (Phi) is 7.49. The van der Waals surface area contributed by atoms with Gasteiger partial charge in [0, 0.05) is 56.5 Å². The van der Waals surface area contributed by atoms with E-state index in [9.17, 15) is 18.0 Å². The second-order valence-electron chi connectivity index (χ2n) is 10.7. The van der Waals surface area contributed by atoms with E-state index in [2.05, 4.69) is 35.6 Å². The molecule has 1 aromatic carbocycles. The Labute approximate surface area is 212 Å². The Morgan fingerprint density at radius 1 is 1.06 bits per heavy atom. The quantitative estimate of drug-likeness (QED) is 0.555. The van der Waals surface area contributed by atoms with Crippen molar-refractivity contribution >= 4 is 5.91 Å². The molecule has 0 bridgehead atoms. The number of nitrogens with zero attached hydrogens (tertiary/aromatic N) is 4. The van der Waals surface area contributed by atoms with Gasteiger partial charge in [0.15, 0.2) is 0 Å². The Morgan fingerprint density at radius 3 is 2.25 bits per heavy atom. The van der Waals surface area contributed by atoms with Gasteiger partial charge in [0.05, 0.1) is 16.8 Å². The molecule has 2 aromatic rings. The van der Waals surface area contributed by atoms with Crippen molar-refractivity contribution in [1.29, 1.82) is 0 Å². The molecule has 36 heavy (non-hydrogen) atoms. The summed E-state index contributed by atoms with van der Waals surface area (Å²) < 4.78 is 38.8. The summed E-state index contributed by atoms with van der Waals surface area (Å²) in [6, 6.07) is 7.77. The highest BCUT2D eigenvalue weighted by molar-refractivity contribution is 5.96. The number of alkyl halides is 3. The van der Waals surface area contributed by atoms with Crippen LogP contribution in [0.5, 0.6) is 0 Å². The number of halogens is 3. The molecule has 0 N–H and O–H groups in total. The van der Waals surface area contributed by atoms with Crippen LogP contribution in [0.1, 0.15) is 72.4 Å². The van der Waals surface area contributed by atoms with Crippen molar-refractivity contribution in [3.05, 3.63) is 64.5 Å². The molecule has 2 aliphatic rings. The first-order chi connectivity index (χ1) is 16.9. The van der Waals surface area contributed by atoms with Gasteiger partial charge in [-0.25, -0.2) is 0 Å². The third kappa shape index (κ3) is 5.30. The molecule has 1 aromatic heterocycles. The minimum atomic E-state index is -4.31. The number of aromatic nitrogens is 1. The molecular weight excluding hydrogens is 465 g/mol. The van der Waals surface area contributed by atoms with Crippen LogP contribution < -0.4 is 0 Å². The molecule has 2 atom stereocenters. The standard InChI is InChI=1S/C28H37F3N4O/c1-19-10-13-32-21(3)25(19)26(36)33-14-11-27(5,12-15-33)34-16-17-35(20(2)18-34)22(4)23-6-8-24(9-7-23)28(29,30)31/h6-10,13,20,22H,11-12,14-18H2,1-5H3. The monoisotopic (exact) mass is 502 g/mol. The molecule has 0 radical (unpaired) electrons. The number of likely N-dealkylation sites (tertiary alicyclic amines) is 1. The fraction of sp³-hybridized carbons (Fsp3) is 0.571. The maximum atomic E-state index is 13.2. The van der Waals surface area contributed by atoms with E-state index in [1.165, 1.54) is 12.1 Å². The smallest absolute Gasteiger partial charge is 0.338 e. The van der Waals surface area contributed by atoms with Crippen LogP contribution >= 0.6 is 0 Å². The van der Waals surface area contributed by atoms with E-state index < -0.39 is 11.7 Å². The molecule has 2 aliphatic heterocycles. The number of pyridine rings is 1. The van der Waals surface area contributed by atoms with Gasteiger partial charge in [-0.2, -0.15) is 13.2 Å². The van der Waals surface area contributed by atoms with Crippen LogP contribution in [0, 0.1) is 13.8 Å². The van der Waals surface area contributed by atoms with Gasteiger partial charge in [-0.1, -0.05) is 12.1 Å². The highest BCUT2D eigenvalue weighted by Crippen LogP contribution is 2.35. The van der Waals surface area contributed by atoms with E-state index in [1.54, 1.807) is 18.3 Å². The number of carbonyl (C=O) groups excluding carboxylic acids is 1. The first kappa shape index (κ1) is 26.6. The zero-order chi connectivity index (χ0) is 26.3. The SMILES string of the molecule is Cc1ccnc(C)c1C(=O)N1CCC(C)(N2CCN(C(C)c3ccc(C(F)(F)F)cc3)C(C)C2)CC1. The first-order valence-corrected chi connectivity index (χ1v) is 12.8. The predicted octanol–water partition coefficient (Wildman–Crippen LogP) is 5.48. The topological polar surface area (TPSA) is 39.7 Å². The molecule has 2 saturated heterocycles. The fourth-order valence-corrected chi connectivity index (χ4v) is 5.86. The molecule has 0 saturated carbocycles. The van der Waals surface area contributed by atoms with Crippen molar-refractivity contribution < 1.29 is 18.0 Å². The summed E-state index contributed by atoms with van der Waals surface area (Å²) in [5.74, 6) is 0.0729. The number of hydrogen-bond donors (Lipinski definition) is 0. The van der Waals surface area contributed by atoms with Crippen LogP contribution in [0.2, 0.25) is 0 Å². The predicted molar refractivity (Wildman–Crippen MR) is 135 cm³/mol. The van der Waals surface area contributed by atoms with Crippen molar-refractivity contribution in [2.45, 2.75) is 71.3 Å². The Balaban J connectivity index is 1.36. The summed E-state index contributed by atoms with van der Waals surface area (Å²) in [5.41, 5.74) is 2.78. The van der Waals surface area contributed by atoms with Gasteiger partial charge in [0.25, 0.3) is 5.91 Å². The average molecular weight is 503 g/mol. The Hall–Kier alpha value is -2.45. The maximum absolute atomic E-state index is 13.2. The number of benzene rings is 1. The van der Waals surface area contributed by atoms with E-state index in [4.69, 9.17) is 0 Å². The summed E-state index contributed by atoms with van der Waals surface area (Å²) in [5, 5.41) is 0. The van der Waals surface area contributed by atoms with E-state index in [0.29, 0.717) is 0 Å². The minimum absolute atomic E-state index is 0.0216. The van der Waals surface area contributed by atoms with Crippen molar-refractivity contribution in [2.24, 2.45) is 0 Å². The number of carbonyl (C=O) groups is 1. The van der Waals surface area contributed by atoms with Gasteiger partial charge in [-0.15, -0.1) is 0 Å². The molecule has 8 heteroatoms. The van der Waals surface area contributed by atoms with Crippen LogP contribution in [-0.4, -0.2) is 69.9 Å². The summed E-state index contributed by atoms with van der Waals surface area (Å²) in [7, 11) is 0. The lowest BCUT2D eigenvalue weighted by molar-refractivity contribution is -0.137. The molecule has 4 rings (SSSR count). The molecule has 2 fully saturated rings. The maximum Gasteiger partial charge on any atom is 0.416 e. The zero-order valence-electron chi connectivity index (χ0n) is 21.9. The number of hydrogen-bond acceptors (Lipinski definition) is 4. The third-order valence-corrected chi connectivity index (χ3v) is 8.35. The van der Waals surface area contributed by atoms with Crippen molar-refractivity contribution in [2.75, 3.05) is 32.7 Å². The van der Waals surface area contributed by atoms with Crippen LogP contribution in [0.15, 0.2) is 36.5 Å². The highest BCUT2D eigenvalue weighted by atomic mass is 19.4. The summed E-state index contributed by atoms with van der Waals surface area (Å²) >= 11 is 0. The lowest BCUT2D eigenvalue weighted by atomic mass is 9.86. The van der Waals surface area contributed by atoms with Crippen molar-refractivity contribution in [1.82, 2.24) is 19.7 Å². The van der Waals surface area contributed by atoms with Gasteiger partial charge < -0.3 is 4.90 Å². The van der Waals surface area contributed by atoms with Crippen LogP contribution in [0.25, 0.3) is 0 Å². The van der Waals surface area contributed by atoms with Crippen molar-refractivity contribution in [3.8, 4) is 0 Å². The van der Waals surface area contributed by atoms with Crippen LogP contribution in [-0.2, 0) is 6.18 Å². The average Bonchev–Trinajstić information content (AvgIpc) is 2.83. The van der Waals surface area contributed by atoms with Crippen molar-refractivity contribution in [3.63, 3.8) is 0 Å². The molecule has 1 amide bonds. The second kappa shape index (κ2) is 10.1. The van der Waals surface area contributed by atoms with Crippen LogP contribution in [0.3, 0.4) is 0 Å². The Bertz CT molecular complexity index is 1060. The lowest BCUT2D eigenvalue weighted by Gasteiger charge is -2.52. The third-order valence-electron chi connectivity index (χ3n) is 8.35. The lowest BCUT2D eigenvalue weighted by Crippen LogP contribution is -2.62. The van der Waals surface area contributed by atoms with Gasteiger partial charge >= 0.3 is 6.18 Å². The van der Waals surface area contributed by atoms with E-state index in [-0.39, 0.29) is 23.5 Å². The number of aryl methyl sites for hydroxylation is 2. The van der Waals surface area contributed by atoms with Gasteiger partial charge in [-0.05, 0) is 76.8 Å². The van der Waals surface area contributed by atoms with Crippen LogP contribution in [0.4, 0.5) is 13.2 Å². The largest absolute Gasteiger partial charge is 0.416 e. The van der Waals surface area contributed by atoms with Gasteiger partial charge in [0.1, 0.15) is 0 Å². The number of piperazine rings is 1. The molecule has 0 spiro atoms. The van der Waals surface area contributed by atoms with Gasteiger partial charge in [0.2, 0.25) is 0 Å². The molecular formula is C28H37F3N4O. The highest BCUT2D eigenvalue weighted by Gasteiger charge is 2.41. The zero-order valence-corrected chi connectivity index (χ0v) is 21.9. The minimum Gasteiger partial charge on any atom is -0.338 e. The van der Waals surface area contributed by atoms with E-state index in [1.807, 2.05) is 24.8 Å². The molecule has 0 aliphatic carbocycles. The molecule has 3 heterocycles. The summed E-state index contributed by atoms with van der Waals surface area (Å²) in [6.45, 7) is 14.5. The number of amides is 1. The number of rotatable bonds is 4. The summed E-state index contributed by atoms with van der Waals surface area (Å²) in [6.07, 6.45) is -0.740. The second-order valence-corrected chi connectivity index (χ2v) is 10.7.